The van der Waals surface area contributed by atoms with Crippen LogP contribution in [0.2, 0.25) is 0 Å². The van der Waals surface area contributed by atoms with Crippen molar-refractivity contribution in [3.8, 4) is 0 Å². The molecule has 35 heavy (non-hydrogen) atoms. The highest BCUT2D eigenvalue weighted by Crippen LogP contribution is 2.41. The van der Waals surface area contributed by atoms with Crippen LogP contribution in [0.3, 0.4) is 0 Å². The number of piperidine rings is 1. The minimum Gasteiger partial charge on any atom is -0.462 e. The molecule has 0 amide bonds. The largest absolute Gasteiger partial charge is 0.462 e. The Morgan fingerprint density at radius 3 is 2.49 bits per heavy atom. The van der Waals surface area contributed by atoms with Crippen LogP contribution < -0.4 is 5.32 Å². The highest BCUT2D eigenvalue weighted by atomic mass is 19.4. The molecule has 1 fully saturated rings. The fourth-order valence-corrected chi connectivity index (χ4v) is 4.79. The summed E-state index contributed by atoms with van der Waals surface area (Å²) in [6.45, 7) is 3.55. The number of nitrogens with one attached hydrogen (secondary N) is 1. The molecule has 0 aliphatic carbocycles. The van der Waals surface area contributed by atoms with Crippen molar-refractivity contribution in [2.24, 2.45) is 0 Å². The Morgan fingerprint density at radius 1 is 1.11 bits per heavy atom. The van der Waals surface area contributed by atoms with Gasteiger partial charge in [-0.3, -0.25) is 4.90 Å². The Kier molecular flexibility index (Phi) is 7.47. The Labute approximate surface area is 201 Å². The van der Waals surface area contributed by atoms with E-state index in [4.69, 9.17) is 9.47 Å². The predicted octanol–water partition coefficient (Wildman–Crippen LogP) is 4.82. The van der Waals surface area contributed by atoms with E-state index in [0.717, 1.165) is 24.7 Å². The van der Waals surface area contributed by atoms with Gasteiger partial charge in [0.15, 0.2) is 0 Å². The number of hydrogen-bond acceptors (Lipinski definition) is 5. The molecule has 0 bridgehead atoms. The van der Waals surface area contributed by atoms with Gasteiger partial charge in [-0.2, -0.15) is 13.2 Å². The van der Waals surface area contributed by atoms with Crippen molar-refractivity contribution in [1.29, 1.82) is 0 Å². The number of ether oxygens (including phenoxy) is 2. The maximum Gasteiger partial charge on any atom is 0.416 e. The highest BCUT2D eigenvalue weighted by molar-refractivity contribution is 5.92. The van der Waals surface area contributed by atoms with Crippen molar-refractivity contribution in [1.82, 2.24) is 10.2 Å². The maximum atomic E-state index is 14.3. The number of rotatable bonds is 7. The third-order valence-electron chi connectivity index (χ3n) is 6.55. The smallest absolute Gasteiger partial charge is 0.416 e. The second kappa shape index (κ2) is 10.4. The average molecular weight is 493 g/mol. The Hall–Kier alpha value is -2.91. The molecule has 2 aromatic carbocycles. The minimum atomic E-state index is -4.70. The van der Waals surface area contributed by atoms with Gasteiger partial charge in [0.05, 0.1) is 30.0 Å². The molecule has 2 heterocycles. The van der Waals surface area contributed by atoms with Crippen molar-refractivity contribution in [3.63, 3.8) is 0 Å². The normalized spacial score (nSPS) is 18.2. The second-order valence-corrected chi connectivity index (χ2v) is 8.74. The number of carbonyl (C=O) groups is 1. The minimum absolute atomic E-state index is 0.0165. The van der Waals surface area contributed by atoms with Gasteiger partial charge in [0, 0.05) is 31.7 Å². The molecule has 0 unspecified atom stereocenters. The monoisotopic (exact) mass is 492 g/mol. The Bertz CT molecular complexity index is 1080. The quantitative estimate of drug-likeness (QED) is 0.444. The molecule has 2 aliphatic rings. The summed E-state index contributed by atoms with van der Waals surface area (Å²) < 4.78 is 65.9. The molecule has 2 aromatic rings. The third-order valence-corrected chi connectivity index (χ3v) is 6.55. The van der Waals surface area contributed by atoms with E-state index >= 15 is 0 Å². The van der Waals surface area contributed by atoms with Crippen molar-refractivity contribution in [3.05, 3.63) is 82.3 Å². The topological polar surface area (TPSA) is 50.8 Å². The lowest BCUT2D eigenvalue weighted by Gasteiger charge is -2.39. The van der Waals surface area contributed by atoms with Gasteiger partial charge in [0.2, 0.25) is 0 Å². The molecule has 1 spiro atoms. The van der Waals surface area contributed by atoms with Gasteiger partial charge in [-0.25, -0.2) is 9.18 Å². The van der Waals surface area contributed by atoms with Crippen LogP contribution >= 0.6 is 0 Å². The van der Waals surface area contributed by atoms with Crippen LogP contribution in [0, 0.1) is 5.82 Å². The van der Waals surface area contributed by atoms with E-state index in [-0.39, 0.29) is 13.2 Å². The van der Waals surface area contributed by atoms with E-state index in [0.29, 0.717) is 37.2 Å². The lowest BCUT2D eigenvalue weighted by atomic mass is 9.84. The van der Waals surface area contributed by atoms with E-state index in [1.807, 2.05) is 18.2 Å². The highest BCUT2D eigenvalue weighted by Gasteiger charge is 2.48. The van der Waals surface area contributed by atoms with Gasteiger partial charge >= 0.3 is 12.1 Å². The van der Waals surface area contributed by atoms with Crippen LogP contribution in [0.5, 0.6) is 0 Å². The molecular formula is C26H28F4N2O3. The lowest BCUT2D eigenvalue weighted by molar-refractivity contribution is -0.142. The van der Waals surface area contributed by atoms with Gasteiger partial charge < -0.3 is 14.8 Å². The number of esters is 1. The molecular weight excluding hydrogens is 464 g/mol. The van der Waals surface area contributed by atoms with Crippen molar-refractivity contribution in [2.45, 2.75) is 44.6 Å². The molecule has 0 aromatic heterocycles. The zero-order valence-electron chi connectivity index (χ0n) is 19.5. The fraction of sp³-hybridized carbons (Fsp3) is 0.423. The SMILES string of the molecule is CCOC(=O)C1=C(NCc2c(F)cccc2C(F)(F)F)COC12CCN(Cc1ccccc1)CC2. The number of carbonyl (C=O) groups excluding carboxylic acids is 1. The van der Waals surface area contributed by atoms with E-state index in [2.05, 4.69) is 22.3 Å². The molecule has 5 nitrogen and oxygen atoms in total. The lowest BCUT2D eigenvalue weighted by Crippen LogP contribution is -2.47. The summed E-state index contributed by atoms with van der Waals surface area (Å²) in [5.74, 6) is -1.53. The summed E-state index contributed by atoms with van der Waals surface area (Å²) in [6, 6.07) is 12.9. The molecule has 4 rings (SSSR count). The van der Waals surface area contributed by atoms with Gasteiger partial charge in [-0.15, -0.1) is 0 Å². The molecule has 0 atom stereocenters. The van der Waals surface area contributed by atoms with Crippen LogP contribution in [-0.2, 0) is 33.5 Å². The standard InChI is InChI=1S/C26H28F4N2O3/c1-2-34-24(33)23-22(31-15-19-20(26(28,29)30)9-6-10-21(19)27)17-35-25(23)11-13-32(14-12-25)16-18-7-4-3-5-8-18/h3-10,31H,2,11-17H2,1H3. The van der Waals surface area contributed by atoms with Gasteiger partial charge in [-0.1, -0.05) is 36.4 Å². The van der Waals surface area contributed by atoms with E-state index in [1.165, 1.54) is 5.56 Å². The number of halogens is 4. The Balaban J connectivity index is 1.54. The first-order valence-electron chi connectivity index (χ1n) is 11.6. The zero-order chi connectivity index (χ0) is 25.1. The van der Waals surface area contributed by atoms with Crippen LogP contribution in [0.15, 0.2) is 59.8 Å². The third kappa shape index (κ3) is 5.51. The van der Waals surface area contributed by atoms with Gasteiger partial charge in [0.1, 0.15) is 11.4 Å². The summed E-state index contributed by atoms with van der Waals surface area (Å²) >= 11 is 0. The fourth-order valence-electron chi connectivity index (χ4n) is 4.79. The molecule has 9 heteroatoms. The summed E-state index contributed by atoms with van der Waals surface area (Å²) in [7, 11) is 0. The number of likely N-dealkylation sites (tertiary alicyclic amines) is 1. The van der Waals surface area contributed by atoms with E-state index < -0.39 is 41.2 Å². The van der Waals surface area contributed by atoms with Crippen molar-refractivity contribution < 1.29 is 31.8 Å². The van der Waals surface area contributed by atoms with E-state index in [1.54, 1.807) is 6.92 Å². The second-order valence-electron chi connectivity index (χ2n) is 8.74. The van der Waals surface area contributed by atoms with Crippen LogP contribution in [-0.4, -0.2) is 42.8 Å². The zero-order valence-corrected chi connectivity index (χ0v) is 19.5. The van der Waals surface area contributed by atoms with Gasteiger partial charge in [-0.05, 0) is 37.5 Å². The van der Waals surface area contributed by atoms with Gasteiger partial charge in [0.25, 0.3) is 0 Å². The number of benzene rings is 2. The summed E-state index contributed by atoms with van der Waals surface area (Å²) in [5.41, 5.74) is -0.616. The molecule has 2 aliphatic heterocycles. The summed E-state index contributed by atoms with van der Waals surface area (Å²) in [6.07, 6.45) is -3.63. The van der Waals surface area contributed by atoms with Crippen molar-refractivity contribution >= 4 is 5.97 Å². The summed E-state index contributed by atoms with van der Waals surface area (Å²) in [4.78, 5) is 15.2. The molecule has 0 radical (unpaired) electrons. The molecule has 1 N–H and O–H groups in total. The van der Waals surface area contributed by atoms with Crippen molar-refractivity contribution in [2.75, 3.05) is 26.3 Å². The van der Waals surface area contributed by atoms with Crippen LogP contribution in [0.25, 0.3) is 0 Å². The Morgan fingerprint density at radius 2 is 1.83 bits per heavy atom. The van der Waals surface area contributed by atoms with E-state index in [9.17, 15) is 22.4 Å². The predicted molar refractivity (Wildman–Crippen MR) is 122 cm³/mol. The molecule has 1 saturated heterocycles. The molecule has 188 valence electrons. The molecule has 0 saturated carbocycles. The first kappa shape index (κ1) is 25.2. The maximum absolute atomic E-state index is 14.3. The summed E-state index contributed by atoms with van der Waals surface area (Å²) in [5, 5.41) is 2.86. The van der Waals surface area contributed by atoms with Crippen LogP contribution in [0.4, 0.5) is 17.6 Å². The average Bonchev–Trinajstić information content (AvgIpc) is 3.17. The number of nitrogens with zero attached hydrogens (tertiary/aromatic N) is 1. The first-order chi connectivity index (χ1) is 16.7. The number of alkyl halides is 3. The number of hydrogen-bond donors (Lipinski definition) is 1. The first-order valence-corrected chi connectivity index (χ1v) is 11.6. The van der Waals surface area contributed by atoms with Crippen LogP contribution in [0.1, 0.15) is 36.5 Å².